The summed E-state index contributed by atoms with van der Waals surface area (Å²) in [5.41, 5.74) is 1.38. The lowest BCUT2D eigenvalue weighted by Crippen LogP contribution is -2.50. The molecule has 1 N–H and O–H groups in total. The predicted octanol–water partition coefficient (Wildman–Crippen LogP) is 8.84. The molecule has 4 rings (SSSR count). The van der Waals surface area contributed by atoms with Gasteiger partial charge in [-0.25, -0.2) is 22.9 Å². The maximum absolute atomic E-state index is 16.1. The molecule has 278 valence electrons. The smallest absolute Gasteiger partial charge is 0.407 e. The van der Waals surface area contributed by atoms with Gasteiger partial charge in [-0.15, -0.1) is 11.3 Å². The summed E-state index contributed by atoms with van der Waals surface area (Å²) in [6.07, 6.45) is -2.93. The van der Waals surface area contributed by atoms with E-state index in [0.29, 0.717) is 17.0 Å². The number of esters is 1. The minimum absolute atomic E-state index is 0.0187. The molecular weight excluding hydrogens is 692 g/mol. The molecule has 0 fully saturated rings. The summed E-state index contributed by atoms with van der Waals surface area (Å²) in [5, 5.41) is 2.72. The Morgan fingerprint density at radius 1 is 0.962 bits per heavy atom. The van der Waals surface area contributed by atoms with Gasteiger partial charge in [-0.1, -0.05) is 88.4 Å². The number of nitrogens with one attached hydrogen (secondary N) is 1. The van der Waals surface area contributed by atoms with Crippen LogP contribution in [0.25, 0.3) is 10.6 Å². The van der Waals surface area contributed by atoms with Crippen molar-refractivity contribution in [2.45, 2.75) is 79.3 Å². The van der Waals surface area contributed by atoms with Crippen LogP contribution in [0.3, 0.4) is 0 Å². The molecule has 0 radical (unpaired) electrons. The summed E-state index contributed by atoms with van der Waals surface area (Å²) >= 11 is 1.19. The first-order valence-corrected chi connectivity index (χ1v) is 18.0. The van der Waals surface area contributed by atoms with Crippen molar-refractivity contribution in [3.63, 3.8) is 0 Å². The van der Waals surface area contributed by atoms with Gasteiger partial charge in [-0.05, 0) is 48.1 Å². The minimum Gasteiger partial charge on any atom is -0.453 e. The Hall–Kier alpha value is -4.71. The Kier molecular flexibility index (Phi) is 14.0. The van der Waals surface area contributed by atoms with Gasteiger partial charge in [0.1, 0.15) is 29.4 Å². The van der Waals surface area contributed by atoms with Crippen LogP contribution in [-0.4, -0.2) is 53.2 Å². The van der Waals surface area contributed by atoms with E-state index in [1.165, 1.54) is 30.1 Å². The first-order valence-electron chi connectivity index (χ1n) is 17.2. The van der Waals surface area contributed by atoms with Gasteiger partial charge >= 0.3 is 12.1 Å². The highest BCUT2D eigenvalue weighted by Gasteiger charge is 2.42. The van der Waals surface area contributed by atoms with Crippen molar-refractivity contribution in [1.29, 1.82) is 0 Å². The van der Waals surface area contributed by atoms with E-state index in [0.717, 1.165) is 29.3 Å². The largest absolute Gasteiger partial charge is 0.453 e. The fourth-order valence-corrected chi connectivity index (χ4v) is 7.16. The third-order valence-electron chi connectivity index (χ3n) is 8.58. The maximum atomic E-state index is 16.1. The van der Waals surface area contributed by atoms with Crippen molar-refractivity contribution in [1.82, 2.24) is 15.2 Å². The summed E-state index contributed by atoms with van der Waals surface area (Å²) in [5.74, 6) is -3.30. The van der Waals surface area contributed by atoms with Crippen molar-refractivity contribution >= 4 is 29.3 Å². The van der Waals surface area contributed by atoms with Gasteiger partial charge in [0.25, 0.3) is 5.91 Å². The molecule has 0 unspecified atom stereocenters. The van der Waals surface area contributed by atoms with Crippen molar-refractivity contribution < 1.29 is 37.0 Å². The zero-order valence-electron chi connectivity index (χ0n) is 30.3. The molecule has 0 spiro atoms. The number of alkyl carbamates (subject to hydrolysis) is 1. The first kappa shape index (κ1) is 40.1. The number of ether oxygens (including phenoxy) is 2. The molecule has 0 saturated heterocycles. The second-order valence-electron chi connectivity index (χ2n) is 13.8. The van der Waals surface area contributed by atoms with Crippen LogP contribution in [0.1, 0.15) is 75.7 Å². The Bertz CT molecular complexity index is 1800. The summed E-state index contributed by atoms with van der Waals surface area (Å²) < 4.78 is 56.2. The van der Waals surface area contributed by atoms with Crippen LogP contribution in [0.4, 0.5) is 18.0 Å². The number of rotatable bonds is 15. The third kappa shape index (κ3) is 10.9. The topological polar surface area (TPSA) is 97.8 Å². The monoisotopic (exact) mass is 737 g/mol. The number of amides is 2. The quantitative estimate of drug-likeness (QED) is 0.123. The Morgan fingerprint density at radius 2 is 1.60 bits per heavy atom. The fraction of sp³-hybridized carbons (Fsp3) is 0.400. The predicted molar refractivity (Wildman–Crippen MR) is 195 cm³/mol. The van der Waals surface area contributed by atoms with Crippen LogP contribution in [0.5, 0.6) is 0 Å². The molecule has 2 amide bonds. The van der Waals surface area contributed by atoms with Crippen LogP contribution >= 0.6 is 11.3 Å². The zero-order chi connectivity index (χ0) is 38.0. The molecule has 8 nitrogen and oxygen atoms in total. The van der Waals surface area contributed by atoms with Gasteiger partial charge in [0.15, 0.2) is 6.10 Å². The molecule has 0 aliphatic heterocycles. The number of carbonyl (C=O) groups excluding carboxylic acids is 3. The lowest BCUT2D eigenvalue weighted by Gasteiger charge is -2.42. The van der Waals surface area contributed by atoms with Crippen LogP contribution in [0.15, 0.2) is 78.9 Å². The second kappa shape index (κ2) is 18.2. The number of alkyl halides is 1. The average molecular weight is 738 g/mol. The van der Waals surface area contributed by atoms with E-state index in [1.54, 1.807) is 19.1 Å². The highest BCUT2D eigenvalue weighted by atomic mass is 32.1. The van der Waals surface area contributed by atoms with Crippen molar-refractivity contribution in [2.75, 3.05) is 13.1 Å². The molecule has 1 heterocycles. The lowest BCUT2D eigenvalue weighted by molar-refractivity contribution is -0.160. The Morgan fingerprint density at radius 3 is 2.19 bits per heavy atom. The van der Waals surface area contributed by atoms with Gasteiger partial charge in [-0.2, -0.15) is 0 Å². The summed E-state index contributed by atoms with van der Waals surface area (Å²) in [7, 11) is 0. The number of benzene rings is 3. The third-order valence-corrected chi connectivity index (χ3v) is 9.68. The summed E-state index contributed by atoms with van der Waals surface area (Å²) in [6, 6.07) is 20.9. The molecule has 0 saturated carbocycles. The van der Waals surface area contributed by atoms with Crippen LogP contribution in [0.2, 0.25) is 0 Å². The van der Waals surface area contributed by atoms with Crippen LogP contribution < -0.4 is 5.32 Å². The van der Waals surface area contributed by atoms with Crippen molar-refractivity contribution in [3.05, 3.63) is 112 Å². The number of halogens is 3. The molecular formula is C40H46F3N3O5S. The van der Waals surface area contributed by atoms with Gasteiger partial charge in [0.05, 0.1) is 18.3 Å². The fourth-order valence-electron chi connectivity index (χ4n) is 6.02. The molecule has 52 heavy (non-hydrogen) atoms. The molecule has 1 aromatic heterocycles. The summed E-state index contributed by atoms with van der Waals surface area (Å²) in [4.78, 5) is 45.9. The van der Waals surface area contributed by atoms with Crippen LogP contribution in [0, 0.1) is 23.0 Å². The average Bonchev–Trinajstić information content (AvgIpc) is 3.50. The number of aromatic nitrogens is 1. The van der Waals surface area contributed by atoms with E-state index in [2.05, 4.69) is 5.32 Å². The van der Waals surface area contributed by atoms with Crippen molar-refractivity contribution in [3.8, 4) is 10.6 Å². The standard InChI is InChI=1S/C40H46F3N3O5S/c1-7-29(33(43)22-44-39(49)50-24-28-16-12-9-13-17-28)23-46(38(48)25(2)51-26(3)47)36(40(4,5)6)35-34(20-27-14-10-8-11-15-27)52-37(45-35)31-21-30(41)18-19-32(31)42/h8-19,21,25,29,33,36H,7,20,22-24H2,1-6H3,(H,44,49)/t25-,29-,33-,36-/m0/s1. The molecule has 4 atom stereocenters. The second-order valence-corrected chi connectivity index (χ2v) is 14.8. The number of thiazole rings is 1. The number of hydrogen-bond donors (Lipinski definition) is 1. The van der Waals surface area contributed by atoms with E-state index in [9.17, 15) is 18.8 Å². The maximum Gasteiger partial charge on any atom is 0.407 e. The number of nitrogens with zero attached hydrogens (tertiary/aromatic N) is 2. The van der Waals surface area contributed by atoms with E-state index < -0.39 is 59.3 Å². The number of carbonyl (C=O) groups is 3. The highest BCUT2D eigenvalue weighted by Crippen LogP contribution is 2.44. The molecule has 4 aromatic rings. The normalized spacial score (nSPS) is 13.8. The lowest BCUT2D eigenvalue weighted by atomic mass is 9.81. The van der Waals surface area contributed by atoms with E-state index in [-0.39, 0.29) is 36.7 Å². The molecule has 12 heteroatoms. The molecule has 0 aliphatic rings. The van der Waals surface area contributed by atoms with Gasteiger partial charge in [-0.3, -0.25) is 9.59 Å². The van der Waals surface area contributed by atoms with Gasteiger partial charge in [0, 0.05) is 36.2 Å². The SMILES string of the molecule is CC[C@@H](CN(C(=O)[C@H](C)OC(C)=O)[C@@H](c1nc(-c2cc(F)ccc2F)sc1Cc1ccccc1)C(C)(C)C)[C@@H](F)CNC(=O)OCc1ccccc1. The van der Waals surface area contributed by atoms with Gasteiger partial charge < -0.3 is 19.7 Å². The van der Waals surface area contributed by atoms with E-state index in [1.807, 2.05) is 69.3 Å². The molecule has 3 aromatic carbocycles. The molecule has 0 aliphatic carbocycles. The molecule has 0 bridgehead atoms. The Labute approximate surface area is 307 Å². The zero-order valence-corrected chi connectivity index (χ0v) is 31.1. The summed E-state index contributed by atoms with van der Waals surface area (Å²) in [6.45, 7) is 9.66. The first-order chi connectivity index (χ1) is 24.7. The Balaban J connectivity index is 1.73. The van der Waals surface area contributed by atoms with E-state index in [4.69, 9.17) is 14.5 Å². The minimum atomic E-state index is -1.59. The highest BCUT2D eigenvalue weighted by molar-refractivity contribution is 7.15. The van der Waals surface area contributed by atoms with Gasteiger partial charge in [0.2, 0.25) is 0 Å². The van der Waals surface area contributed by atoms with Crippen molar-refractivity contribution in [2.24, 2.45) is 11.3 Å². The van der Waals surface area contributed by atoms with Crippen LogP contribution in [-0.2, 0) is 32.1 Å². The van der Waals surface area contributed by atoms with E-state index >= 15 is 8.78 Å². The number of hydrogen-bond acceptors (Lipinski definition) is 7.